The zero-order chi connectivity index (χ0) is 42.9. The van der Waals surface area contributed by atoms with Crippen LogP contribution in [0.2, 0.25) is 0 Å². The number of esters is 1. The van der Waals surface area contributed by atoms with Crippen molar-refractivity contribution in [3.63, 3.8) is 0 Å². The Morgan fingerprint density at radius 3 is 2.29 bits per heavy atom. The third-order valence-corrected chi connectivity index (χ3v) is 18.0. The van der Waals surface area contributed by atoms with Gasteiger partial charge in [-0.1, -0.05) is 84.4 Å². The van der Waals surface area contributed by atoms with Gasteiger partial charge in [-0.25, -0.2) is 0 Å². The molecule has 4 saturated carbocycles. The number of benzene rings is 1. The molecule has 0 bridgehead atoms. The first kappa shape index (κ1) is 44.0. The van der Waals surface area contributed by atoms with Crippen molar-refractivity contribution in [3.05, 3.63) is 47.0 Å². The number of allylic oxidation sites excluding steroid dienone is 1. The molecule has 0 aromatic heterocycles. The summed E-state index contributed by atoms with van der Waals surface area (Å²) in [7, 11) is 0. The maximum Gasteiger partial charge on any atom is 0.309 e. The summed E-state index contributed by atoms with van der Waals surface area (Å²) in [6.07, 6.45) is 8.43. The van der Waals surface area contributed by atoms with Gasteiger partial charge in [0.2, 0.25) is 5.91 Å². The summed E-state index contributed by atoms with van der Waals surface area (Å²) in [5.74, 6) is 0.118. The average molecular weight is 815 g/mol. The Balaban J connectivity index is 1.16. The number of hydrogen-bond acceptors (Lipinski definition) is 7. The maximum absolute atomic E-state index is 14.4. The van der Waals surface area contributed by atoms with Gasteiger partial charge in [0.15, 0.2) is 5.78 Å². The van der Waals surface area contributed by atoms with Crippen LogP contribution < -0.4 is 0 Å². The Kier molecular flexibility index (Phi) is 11.7. The molecule has 6 aliphatic rings. The number of likely N-dealkylation sites (tertiary alicyclic amines) is 1. The van der Waals surface area contributed by atoms with Gasteiger partial charge in [0.1, 0.15) is 6.10 Å². The predicted molar refractivity (Wildman–Crippen MR) is 229 cm³/mol. The minimum absolute atomic E-state index is 0.0196. The summed E-state index contributed by atoms with van der Waals surface area (Å²) in [6.45, 7) is 22.9. The Labute approximate surface area is 354 Å². The topological polar surface area (TPSA) is 124 Å². The summed E-state index contributed by atoms with van der Waals surface area (Å²) in [4.78, 5) is 56.3. The number of Topliss-reactive ketones (excluding diaryl/α,β-unsaturated/α-hetero) is 1. The van der Waals surface area contributed by atoms with Gasteiger partial charge < -0.3 is 19.8 Å². The Morgan fingerprint density at radius 1 is 0.932 bits per heavy atom. The van der Waals surface area contributed by atoms with E-state index in [1.54, 1.807) is 13.8 Å². The summed E-state index contributed by atoms with van der Waals surface area (Å²) >= 11 is 0. The number of carbonyl (C=O) groups is 4. The molecule has 0 spiro atoms. The van der Waals surface area contributed by atoms with E-state index >= 15 is 0 Å². The number of ether oxygens (including phenoxy) is 1. The van der Waals surface area contributed by atoms with Gasteiger partial charge in [0.05, 0.1) is 17.9 Å². The molecule has 9 heteroatoms. The van der Waals surface area contributed by atoms with Crippen molar-refractivity contribution >= 4 is 23.6 Å². The fourth-order valence-corrected chi connectivity index (χ4v) is 14.6. The van der Waals surface area contributed by atoms with Gasteiger partial charge in [-0.15, -0.1) is 0 Å². The molecule has 1 saturated heterocycles. The number of aliphatic hydroxyl groups excluding tert-OH is 1. The van der Waals surface area contributed by atoms with Crippen LogP contribution in [0.25, 0.3) is 0 Å². The van der Waals surface area contributed by atoms with Gasteiger partial charge in [-0.05, 0) is 123 Å². The van der Waals surface area contributed by atoms with E-state index < -0.39 is 28.9 Å². The first-order valence-electron chi connectivity index (χ1n) is 23.0. The number of rotatable bonds is 13. The van der Waals surface area contributed by atoms with Crippen LogP contribution in [0.4, 0.5) is 0 Å². The molecule has 0 radical (unpaired) electrons. The van der Waals surface area contributed by atoms with Gasteiger partial charge in [-0.2, -0.15) is 0 Å². The molecule has 1 aromatic rings. The molecule has 1 aromatic carbocycles. The lowest BCUT2D eigenvalue weighted by molar-refractivity contribution is -0.235. The fourth-order valence-electron chi connectivity index (χ4n) is 14.6. The van der Waals surface area contributed by atoms with Crippen molar-refractivity contribution < 1.29 is 34.1 Å². The minimum atomic E-state index is -1.18. The second kappa shape index (κ2) is 15.7. The molecule has 326 valence electrons. The van der Waals surface area contributed by atoms with Crippen molar-refractivity contribution in [1.29, 1.82) is 0 Å². The molecule has 1 amide bonds. The standard InChI is InChI=1S/C50H74N2O7/c1-32(2)42-35(53)28-50(38(54)31-51(30-33-14-11-10-12-15-33)26-27-52-25-13-16-40(52)55)24-23-48(8)34(43(42)50)17-18-37-47(7)21-20-39(59-41(56)29-45(3,4)44(57)58)46(5,6)36(47)19-22-49(37,48)9/h10-12,14-15,32,34,36-39,54H,13,16-31H2,1-9H3,(H,57,58)/t34-,36+,37-,38?,39+,47+,48-,49-,50+/m1/s1. The molecule has 9 atom stereocenters. The van der Waals surface area contributed by atoms with E-state index in [1.807, 2.05) is 11.0 Å². The van der Waals surface area contributed by atoms with Gasteiger partial charge in [-0.3, -0.25) is 24.1 Å². The van der Waals surface area contributed by atoms with Crippen molar-refractivity contribution in [2.45, 2.75) is 158 Å². The molecule has 1 aliphatic heterocycles. The monoisotopic (exact) mass is 815 g/mol. The maximum atomic E-state index is 14.4. The van der Waals surface area contributed by atoms with Crippen molar-refractivity contribution in [3.8, 4) is 0 Å². The van der Waals surface area contributed by atoms with Crippen molar-refractivity contribution in [2.75, 3.05) is 26.2 Å². The molecule has 59 heavy (non-hydrogen) atoms. The highest BCUT2D eigenvalue weighted by molar-refractivity contribution is 6.00. The Morgan fingerprint density at radius 2 is 1.64 bits per heavy atom. The van der Waals surface area contributed by atoms with E-state index in [4.69, 9.17) is 4.74 Å². The minimum Gasteiger partial charge on any atom is -0.481 e. The lowest BCUT2D eigenvalue weighted by Gasteiger charge is -2.72. The SMILES string of the molecule is CC(C)C1=C2[C@H]3CC[C@@H]4[C@@]5(C)CC[C@H](OC(=O)CC(C)(C)C(=O)O)C(C)(C)[C@@H]5CC[C@@]4(C)[C@]3(C)CC[C@@]2(C(O)CN(CCN2CCCC2=O)Cc2ccccc2)CC1=O. The van der Waals surface area contributed by atoms with Crippen LogP contribution in [0.15, 0.2) is 41.5 Å². The molecule has 1 unspecified atom stereocenters. The van der Waals surface area contributed by atoms with Gasteiger partial charge in [0, 0.05) is 56.4 Å². The van der Waals surface area contributed by atoms with E-state index in [-0.39, 0.29) is 57.7 Å². The van der Waals surface area contributed by atoms with Crippen molar-refractivity contribution in [1.82, 2.24) is 9.80 Å². The van der Waals surface area contributed by atoms with Crippen LogP contribution in [-0.2, 0) is 30.5 Å². The van der Waals surface area contributed by atoms with E-state index in [2.05, 4.69) is 77.6 Å². The number of aliphatic hydroxyl groups is 1. The highest BCUT2D eigenvalue weighted by Gasteiger charge is 2.71. The third-order valence-electron chi connectivity index (χ3n) is 18.0. The van der Waals surface area contributed by atoms with Crippen molar-refractivity contribution in [2.24, 2.45) is 56.2 Å². The number of fused-ring (bicyclic) bond motifs is 7. The number of aliphatic carboxylic acids is 1. The molecule has 7 rings (SSSR count). The Hall–Kier alpha value is -3.04. The first-order chi connectivity index (χ1) is 27.6. The van der Waals surface area contributed by atoms with Gasteiger partial charge in [0.25, 0.3) is 0 Å². The lowest BCUT2D eigenvalue weighted by Crippen LogP contribution is -2.66. The fraction of sp³-hybridized carbons (Fsp3) is 0.760. The smallest absolute Gasteiger partial charge is 0.309 e. The van der Waals surface area contributed by atoms with Crippen LogP contribution in [0.1, 0.15) is 145 Å². The summed E-state index contributed by atoms with van der Waals surface area (Å²) in [6, 6.07) is 10.4. The molecule has 1 heterocycles. The zero-order valence-electron chi connectivity index (χ0n) is 37.7. The quantitative estimate of drug-likeness (QED) is 0.189. The molecule has 5 fully saturated rings. The number of hydrogen-bond donors (Lipinski definition) is 2. The predicted octanol–water partition coefficient (Wildman–Crippen LogP) is 8.87. The van der Waals surface area contributed by atoms with Crippen LogP contribution in [0, 0.1) is 56.2 Å². The number of carbonyl (C=O) groups excluding carboxylic acids is 3. The summed E-state index contributed by atoms with van der Waals surface area (Å²) in [5, 5.41) is 22.4. The van der Waals surface area contributed by atoms with Gasteiger partial charge >= 0.3 is 11.9 Å². The molecular weight excluding hydrogens is 741 g/mol. The summed E-state index contributed by atoms with van der Waals surface area (Å²) < 4.78 is 6.20. The number of carboxylic acids is 1. The van der Waals surface area contributed by atoms with E-state index in [9.17, 15) is 29.4 Å². The second-order valence-electron chi connectivity index (χ2n) is 22.3. The molecular formula is C50H74N2O7. The largest absolute Gasteiger partial charge is 0.481 e. The number of ketones is 1. The highest BCUT2D eigenvalue weighted by atomic mass is 16.5. The first-order valence-corrected chi connectivity index (χ1v) is 23.0. The van der Waals surface area contributed by atoms with E-state index in [0.29, 0.717) is 50.9 Å². The lowest BCUT2D eigenvalue weighted by atomic mass is 9.33. The number of nitrogens with zero attached hydrogens (tertiary/aromatic N) is 2. The average Bonchev–Trinajstić information content (AvgIpc) is 3.71. The van der Waals surface area contributed by atoms with Crippen LogP contribution in [-0.4, -0.2) is 82.0 Å². The summed E-state index contributed by atoms with van der Waals surface area (Å²) in [5.41, 5.74) is 1.41. The highest BCUT2D eigenvalue weighted by Crippen LogP contribution is 2.77. The number of carboxylic acid groups (broad SMARTS) is 1. The Bertz CT molecular complexity index is 1840. The molecule has 9 nitrogen and oxygen atoms in total. The molecule has 5 aliphatic carbocycles. The van der Waals surface area contributed by atoms with E-state index in [1.165, 1.54) is 11.1 Å². The van der Waals surface area contributed by atoms with E-state index in [0.717, 1.165) is 69.9 Å². The second-order valence-corrected chi connectivity index (χ2v) is 22.3. The third kappa shape index (κ3) is 7.34. The van der Waals surface area contributed by atoms with Crippen LogP contribution in [0.3, 0.4) is 0 Å². The molecule has 2 N–H and O–H groups in total. The number of amides is 1. The normalized spacial score (nSPS) is 36.0. The van der Waals surface area contributed by atoms with Crippen LogP contribution >= 0.6 is 0 Å². The van der Waals surface area contributed by atoms with Crippen LogP contribution in [0.5, 0.6) is 0 Å². The zero-order valence-corrected chi connectivity index (χ0v) is 37.7.